The molecule has 3 aromatic rings. The molecule has 0 aliphatic carbocycles. The number of aromatic nitrogens is 3. The minimum Gasteiger partial charge on any atom is -0.382 e. The molecule has 13 heteroatoms. The Bertz CT molecular complexity index is 1590. The highest BCUT2D eigenvalue weighted by molar-refractivity contribution is 6.31. The van der Waals surface area contributed by atoms with Gasteiger partial charge in [0, 0.05) is 19.2 Å². The number of rotatable bonds is 5. The first-order valence-electron chi connectivity index (χ1n) is 10.9. The molecule has 0 saturated carbocycles. The van der Waals surface area contributed by atoms with Gasteiger partial charge in [-0.05, 0) is 30.7 Å². The van der Waals surface area contributed by atoms with E-state index in [4.69, 9.17) is 11.6 Å². The molecule has 4 rings (SSSR count). The van der Waals surface area contributed by atoms with E-state index in [0.717, 1.165) is 22.9 Å². The normalized spacial score (nSPS) is 18.0. The number of nitriles is 2. The van der Waals surface area contributed by atoms with Gasteiger partial charge in [-0.15, -0.1) is 0 Å². The zero-order valence-corrected chi connectivity index (χ0v) is 20.0. The van der Waals surface area contributed by atoms with Gasteiger partial charge < -0.3 is 10.0 Å². The second-order valence-corrected chi connectivity index (χ2v) is 8.95. The molecule has 1 N–H and O–H groups in total. The molecule has 0 radical (unpaired) electrons. The van der Waals surface area contributed by atoms with Crippen LogP contribution in [0.2, 0.25) is 5.02 Å². The fourth-order valence-corrected chi connectivity index (χ4v) is 4.43. The van der Waals surface area contributed by atoms with Gasteiger partial charge in [-0.25, -0.2) is 22.5 Å². The fraction of sp³-hybridized carbons (Fsp3) is 0.292. The van der Waals surface area contributed by atoms with Crippen LogP contribution in [0.4, 0.5) is 19.0 Å². The van der Waals surface area contributed by atoms with Crippen LogP contribution in [0.15, 0.2) is 46.2 Å². The average Bonchev–Trinajstić information content (AvgIpc) is 3.28. The number of nitrogens with zero attached hydrogens (tertiary/aromatic N) is 6. The van der Waals surface area contributed by atoms with Crippen molar-refractivity contribution >= 4 is 17.4 Å². The number of anilines is 1. The average molecular weight is 531 g/mol. The van der Waals surface area contributed by atoms with Crippen molar-refractivity contribution in [1.82, 2.24) is 14.1 Å². The maximum atomic E-state index is 14.0. The number of alkyl halides is 2. The van der Waals surface area contributed by atoms with Crippen LogP contribution in [0, 0.1) is 28.5 Å². The fourth-order valence-electron chi connectivity index (χ4n) is 4.25. The maximum absolute atomic E-state index is 14.0. The molecular weight excluding hydrogens is 513 g/mol. The lowest BCUT2D eigenvalue weighted by atomic mass is 10.0. The number of benzene rings is 1. The maximum Gasteiger partial charge on any atom is 0.338 e. The number of pyridine rings is 1. The van der Waals surface area contributed by atoms with Gasteiger partial charge in [0.2, 0.25) is 0 Å². The standard InChI is InChI=1S/C24H18ClF3N6O3/c1-13(8-29)33-20(32-5-4-24(37,12-32)22(27)28)19(15-2-3-18(26)17(25)7-15)21(35)34(23(33)36)16-6-14(9-30)10-31-11-16/h2-3,6-7,10-11,13,22,37H,4-5,12H2,1H3/t13-,24-/m0/s1. The van der Waals surface area contributed by atoms with Crippen molar-refractivity contribution in [3.8, 4) is 29.0 Å². The second-order valence-electron chi connectivity index (χ2n) is 8.55. The Morgan fingerprint density at radius 1 is 1.22 bits per heavy atom. The Hall–Kier alpha value is -4.13. The molecule has 37 heavy (non-hydrogen) atoms. The topological polar surface area (TPSA) is 128 Å². The summed E-state index contributed by atoms with van der Waals surface area (Å²) in [5, 5.41) is 29.0. The quantitative estimate of drug-likeness (QED) is 0.537. The van der Waals surface area contributed by atoms with Crippen molar-refractivity contribution in [2.24, 2.45) is 0 Å². The SMILES string of the molecule is C[C@@H](C#N)n1c(N2CC[C@@](O)(C(F)F)C2)c(-c2ccc(F)c(Cl)c2)c(=O)n(-c2cncc(C#N)c2)c1=O. The molecule has 1 aliphatic heterocycles. The zero-order valence-electron chi connectivity index (χ0n) is 19.2. The van der Waals surface area contributed by atoms with Crippen LogP contribution in [0.1, 0.15) is 24.9 Å². The minimum absolute atomic E-state index is 0.0379. The molecule has 3 heterocycles. The van der Waals surface area contributed by atoms with Crippen LogP contribution in [0.3, 0.4) is 0 Å². The lowest BCUT2D eigenvalue weighted by Crippen LogP contribution is -2.46. The van der Waals surface area contributed by atoms with E-state index in [-0.39, 0.29) is 46.2 Å². The van der Waals surface area contributed by atoms with Gasteiger partial charge >= 0.3 is 5.69 Å². The van der Waals surface area contributed by atoms with Crippen molar-refractivity contribution in [2.75, 3.05) is 18.0 Å². The molecule has 1 aromatic carbocycles. The number of hydrogen-bond acceptors (Lipinski definition) is 7. The predicted molar refractivity (Wildman–Crippen MR) is 127 cm³/mol. The summed E-state index contributed by atoms with van der Waals surface area (Å²) in [7, 11) is 0. The van der Waals surface area contributed by atoms with Crippen molar-refractivity contribution in [1.29, 1.82) is 10.5 Å². The molecule has 9 nitrogen and oxygen atoms in total. The van der Waals surface area contributed by atoms with Gasteiger partial charge in [-0.1, -0.05) is 17.7 Å². The van der Waals surface area contributed by atoms with E-state index in [9.17, 15) is 38.4 Å². The first-order chi connectivity index (χ1) is 17.5. The third kappa shape index (κ3) is 4.46. The van der Waals surface area contributed by atoms with Crippen molar-refractivity contribution in [3.63, 3.8) is 0 Å². The summed E-state index contributed by atoms with van der Waals surface area (Å²) in [6.45, 7) is 0.550. The monoisotopic (exact) mass is 530 g/mol. The molecule has 190 valence electrons. The summed E-state index contributed by atoms with van der Waals surface area (Å²) in [4.78, 5) is 32.7. The Morgan fingerprint density at radius 2 is 1.95 bits per heavy atom. The van der Waals surface area contributed by atoms with E-state index in [0.29, 0.717) is 4.57 Å². The Labute approximate surface area is 212 Å². The van der Waals surface area contributed by atoms with E-state index in [2.05, 4.69) is 4.98 Å². The minimum atomic E-state index is -3.12. The molecule has 0 unspecified atom stereocenters. The highest BCUT2D eigenvalue weighted by Gasteiger charge is 2.46. The van der Waals surface area contributed by atoms with Gasteiger partial charge in [0.15, 0.2) is 0 Å². The van der Waals surface area contributed by atoms with Crippen LogP contribution < -0.4 is 16.1 Å². The highest BCUT2D eigenvalue weighted by Crippen LogP contribution is 2.37. The van der Waals surface area contributed by atoms with Gasteiger partial charge in [-0.3, -0.25) is 14.3 Å². The molecule has 1 saturated heterocycles. The van der Waals surface area contributed by atoms with Gasteiger partial charge in [0.25, 0.3) is 12.0 Å². The summed E-state index contributed by atoms with van der Waals surface area (Å²) >= 11 is 5.97. The van der Waals surface area contributed by atoms with Crippen molar-refractivity contribution in [3.05, 3.63) is 73.9 Å². The number of aliphatic hydroxyl groups is 1. The molecule has 0 bridgehead atoms. The van der Waals surface area contributed by atoms with Crippen molar-refractivity contribution < 1.29 is 18.3 Å². The Balaban J connectivity index is 2.15. The Morgan fingerprint density at radius 3 is 2.54 bits per heavy atom. The highest BCUT2D eigenvalue weighted by atomic mass is 35.5. The summed E-state index contributed by atoms with van der Waals surface area (Å²) in [6, 6.07) is 7.13. The second kappa shape index (κ2) is 9.73. The van der Waals surface area contributed by atoms with E-state index in [1.54, 1.807) is 0 Å². The van der Waals surface area contributed by atoms with Crippen molar-refractivity contribution in [2.45, 2.75) is 31.4 Å². The van der Waals surface area contributed by atoms with E-state index < -0.39 is 41.7 Å². The number of halogens is 4. The zero-order chi connectivity index (χ0) is 27.1. The molecular formula is C24H18ClF3N6O3. The van der Waals surface area contributed by atoms with Crippen LogP contribution >= 0.6 is 11.6 Å². The molecule has 1 aliphatic rings. The largest absolute Gasteiger partial charge is 0.382 e. The summed E-state index contributed by atoms with van der Waals surface area (Å²) in [5.41, 5.74) is -4.63. The van der Waals surface area contributed by atoms with Gasteiger partial charge in [0.1, 0.15) is 29.3 Å². The number of β-amino-alcohol motifs (C(OH)–C–C–N with tert-alkyl or cyclic N) is 1. The first-order valence-corrected chi connectivity index (χ1v) is 11.3. The first kappa shape index (κ1) is 25.9. The molecule has 1 fully saturated rings. The lowest BCUT2D eigenvalue weighted by Gasteiger charge is -2.29. The molecule has 0 spiro atoms. The summed E-state index contributed by atoms with van der Waals surface area (Å²) < 4.78 is 42.8. The van der Waals surface area contributed by atoms with E-state index in [1.807, 2.05) is 12.1 Å². The van der Waals surface area contributed by atoms with Crippen LogP contribution in [-0.2, 0) is 0 Å². The summed E-state index contributed by atoms with van der Waals surface area (Å²) in [5.74, 6) is -0.992. The third-order valence-corrected chi connectivity index (χ3v) is 6.43. The smallest absolute Gasteiger partial charge is 0.338 e. The van der Waals surface area contributed by atoms with Crippen LogP contribution in [-0.4, -0.2) is 44.3 Å². The predicted octanol–water partition coefficient (Wildman–Crippen LogP) is 3.02. The summed E-state index contributed by atoms with van der Waals surface area (Å²) in [6.07, 6.45) is -1.11. The van der Waals surface area contributed by atoms with Crippen LogP contribution in [0.5, 0.6) is 0 Å². The van der Waals surface area contributed by atoms with Gasteiger partial charge in [-0.2, -0.15) is 10.5 Å². The molecule has 0 amide bonds. The van der Waals surface area contributed by atoms with Gasteiger partial charge in [0.05, 0.1) is 40.6 Å². The van der Waals surface area contributed by atoms with E-state index >= 15 is 0 Å². The molecule has 2 atom stereocenters. The number of hydrogen-bond donors (Lipinski definition) is 1. The molecule has 2 aromatic heterocycles. The van der Waals surface area contributed by atoms with E-state index in [1.165, 1.54) is 30.2 Å². The third-order valence-electron chi connectivity index (χ3n) is 6.14. The van der Waals surface area contributed by atoms with Crippen LogP contribution in [0.25, 0.3) is 16.8 Å². The Kier molecular flexibility index (Phi) is 6.82. The lowest BCUT2D eigenvalue weighted by molar-refractivity contribution is -0.0801.